The van der Waals surface area contributed by atoms with Gasteiger partial charge in [-0.25, -0.2) is 0 Å². The molecular weight excluding hydrogens is 440 g/mol. The topological polar surface area (TPSA) is 18.5 Å². The van der Waals surface area contributed by atoms with Crippen molar-refractivity contribution in [3.63, 3.8) is 0 Å². The van der Waals surface area contributed by atoms with Gasteiger partial charge < -0.3 is 9.47 Å². The third kappa shape index (κ3) is 7.15. The summed E-state index contributed by atoms with van der Waals surface area (Å²) in [7, 11) is 0. The van der Waals surface area contributed by atoms with Gasteiger partial charge in [0.15, 0.2) is 0 Å². The van der Waals surface area contributed by atoms with Crippen LogP contribution in [0.5, 0.6) is 11.5 Å². The monoisotopic (exact) mass is 484 g/mol. The van der Waals surface area contributed by atoms with E-state index in [9.17, 15) is 0 Å². The molecule has 4 rings (SSSR count). The summed E-state index contributed by atoms with van der Waals surface area (Å²) >= 11 is 0. The maximum atomic E-state index is 6.07. The van der Waals surface area contributed by atoms with Gasteiger partial charge in [0.05, 0.1) is 13.2 Å². The van der Waals surface area contributed by atoms with Crippen LogP contribution in [0.2, 0.25) is 0 Å². The minimum Gasteiger partial charge on any atom is -0.494 e. The lowest BCUT2D eigenvalue weighted by Crippen LogP contribution is -1.97. The maximum absolute atomic E-state index is 6.07. The van der Waals surface area contributed by atoms with Crippen LogP contribution in [-0.2, 0) is 0 Å². The molecule has 0 heterocycles. The van der Waals surface area contributed by atoms with Crippen LogP contribution in [0.3, 0.4) is 0 Å². The molecule has 0 aliphatic heterocycles. The Labute approximate surface area is 218 Å². The molecule has 0 N–H and O–H groups in total. The molecule has 192 valence electrons. The van der Waals surface area contributed by atoms with Crippen molar-refractivity contribution >= 4 is 32.3 Å². The van der Waals surface area contributed by atoms with Crippen molar-refractivity contribution < 1.29 is 9.47 Å². The minimum absolute atomic E-state index is 0.805. The maximum Gasteiger partial charge on any atom is 0.119 e. The van der Waals surface area contributed by atoms with E-state index in [1.807, 2.05) is 0 Å². The number of benzene rings is 4. The molecule has 0 aliphatic carbocycles. The summed E-state index contributed by atoms with van der Waals surface area (Å²) in [5.41, 5.74) is 0. The molecule has 2 nitrogen and oxygen atoms in total. The summed E-state index contributed by atoms with van der Waals surface area (Å²) < 4.78 is 12.1. The fourth-order valence-corrected chi connectivity index (χ4v) is 5.17. The van der Waals surface area contributed by atoms with Crippen LogP contribution in [0.4, 0.5) is 0 Å². The number of hydrogen-bond donors (Lipinski definition) is 0. The highest BCUT2D eigenvalue weighted by Gasteiger charge is 2.07. The van der Waals surface area contributed by atoms with Crippen LogP contribution in [0, 0.1) is 0 Å². The highest BCUT2D eigenvalue weighted by Crippen LogP contribution is 2.34. The fourth-order valence-electron chi connectivity index (χ4n) is 5.17. The van der Waals surface area contributed by atoms with E-state index in [4.69, 9.17) is 9.47 Å². The average molecular weight is 485 g/mol. The SMILES string of the molecule is CCCCCCCCOc1ccc2c(ccc3c4ccc(OCCCCCCCC)cc4ccc23)c1. The third-order valence-corrected chi connectivity index (χ3v) is 7.31. The van der Waals surface area contributed by atoms with Gasteiger partial charge >= 0.3 is 0 Å². The molecule has 2 heteroatoms. The Morgan fingerprint density at radius 3 is 1.25 bits per heavy atom. The number of unbranched alkanes of at least 4 members (excludes halogenated alkanes) is 10. The summed E-state index contributed by atoms with van der Waals surface area (Å²) in [4.78, 5) is 0. The van der Waals surface area contributed by atoms with Gasteiger partial charge in [-0.1, -0.05) is 114 Å². The van der Waals surface area contributed by atoms with E-state index in [2.05, 4.69) is 74.5 Å². The first-order valence-corrected chi connectivity index (χ1v) is 14.4. The Morgan fingerprint density at radius 2 is 0.806 bits per heavy atom. The zero-order valence-electron chi connectivity index (χ0n) is 22.5. The van der Waals surface area contributed by atoms with Gasteiger partial charge in [0.25, 0.3) is 0 Å². The molecule has 0 radical (unpaired) electrons. The Morgan fingerprint density at radius 1 is 0.417 bits per heavy atom. The largest absolute Gasteiger partial charge is 0.494 e. The molecule has 0 spiro atoms. The molecule has 4 aromatic rings. The highest BCUT2D eigenvalue weighted by molar-refractivity contribution is 6.17. The van der Waals surface area contributed by atoms with Crippen molar-refractivity contribution in [2.24, 2.45) is 0 Å². The molecule has 0 aliphatic rings. The number of fused-ring (bicyclic) bond motifs is 5. The molecule has 4 aromatic carbocycles. The van der Waals surface area contributed by atoms with E-state index in [1.165, 1.54) is 96.5 Å². The minimum atomic E-state index is 0.805. The van der Waals surface area contributed by atoms with Crippen LogP contribution in [0.1, 0.15) is 90.9 Å². The van der Waals surface area contributed by atoms with Gasteiger partial charge in [0.2, 0.25) is 0 Å². The van der Waals surface area contributed by atoms with E-state index in [0.717, 1.165) is 37.6 Å². The molecule has 0 aromatic heterocycles. The number of rotatable bonds is 16. The van der Waals surface area contributed by atoms with Gasteiger partial charge in [-0.15, -0.1) is 0 Å². The second kappa shape index (κ2) is 14.1. The zero-order chi connectivity index (χ0) is 25.0. The number of ether oxygens (including phenoxy) is 2. The van der Waals surface area contributed by atoms with Crippen molar-refractivity contribution in [1.29, 1.82) is 0 Å². The van der Waals surface area contributed by atoms with Crippen molar-refractivity contribution in [2.75, 3.05) is 13.2 Å². The normalized spacial score (nSPS) is 11.5. The van der Waals surface area contributed by atoms with Crippen molar-refractivity contribution in [1.82, 2.24) is 0 Å². The summed E-state index contributed by atoms with van der Waals surface area (Å²) in [6.45, 7) is 6.13. The highest BCUT2D eigenvalue weighted by atomic mass is 16.5. The second-order valence-electron chi connectivity index (χ2n) is 10.2. The molecule has 0 saturated carbocycles. The first-order valence-electron chi connectivity index (χ1n) is 14.4. The van der Waals surface area contributed by atoms with Crippen molar-refractivity contribution in [2.45, 2.75) is 90.9 Å². The lowest BCUT2D eigenvalue weighted by molar-refractivity contribution is 0.304. The summed E-state index contributed by atoms with van der Waals surface area (Å²) in [6, 6.07) is 22.1. The van der Waals surface area contributed by atoms with E-state index >= 15 is 0 Å². The van der Waals surface area contributed by atoms with Crippen LogP contribution in [-0.4, -0.2) is 13.2 Å². The summed E-state index contributed by atoms with van der Waals surface area (Å²) in [5.74, 6) is 1.95. The Balaban J connectivity index is 1.38. The molecule has 0 atom stereocenters. The fraction of sp³-hybridized carbons (Fsp3) is 0.471. The quantitative estimate of drug-likeness (QED) is 0.116. The predicted molar refractivity (Wildman–Crippen MR) is 157 cm³/mol. The van der Waals surface area contributed by atoms with Crippen LogP contribution in [0.15, 0.2) is 60.7 Å². The second-order valence-corrected chi connectivity index (χ2v) is 10.2. The smallest absolute Gasteiger partial charge is 0.119 e. The molecule has 36 heavy (non-hydrogen) atoms. The Hall–Kier alpha value is -2.74. The van der Waals surface area contributed by atoms with Gasteiger partial charge in [0, 0.05) is 0 Å². The first kappa shape index (κ1) is 26.3. The Bertz CT molecular complexity index is 1130. The predicted octanol–water partition coefficient (Wildman–Crippen LogP) is 10.6. The zero-order valence-corrected chi connectivity index (χ0v) is 22.5. The molecule has 0 fully saturated rings. The van der Waals surface area contributed by atoms with Gasteiger partial charge in [-0.2, -0.15) is 0 Å². The van der Waals surface area contributed by atoms with Gasteiger partial charge in [-0.05, 0) is 69.4 Å². The molecular formula is C34H44O2. The Kier molecular flexibility index (Phi) is 10.3. The molecule has 0 unspecified atom stereocenters. The lowest BCUT2D eigenvalue weighted by Gasteiger charge is -2.12. The summed E-state index contributed by atoms with van der Waals surface area (Å²) in [6.07, 6.45) is 15.4. The van der Waals surface area contributed by atoms with E-state index in [0.29, 0.717) is 0 Å². The lowest BCUT2D eigenvalue weighted by atomic mass is 9.97. The molecule has 0 amide bonds. The van der Waals surface area contributed by atoms with Crippen LogP contribution in [0.25, 0.3) is 32.3 Å². The van der Waals surface area contributed by atoms with Crippen LogP contribution < -0.4 is 9.47 Å². The number of hydrogen-bond acceptors (Lipinski definition) is 2. The summed E-state index contributed by atoms with van der Waals surface area (Å²) in [5, 5.41) is 7.63. The average Bonchev–Trinajstić information content (AvgIpc) is 2.91. The third-order valence-electron chi connectivity index (χ3n) is 7.31. The standard InChI is InChI=1S/C34H44O2/c1-3-5-7-9-11-13-23-35-29-17-21-31-27(25-29)15-19-34-32-22-18-30(26-28(32)16-20-33(31)34)36-24-14-12-10-8-6-4-2/h15-22,25-26H,3-14,23-24H2,1-2H3. The van der Waals surface area contributed by atoms with E-state index in [-0.39, 0.29) is 0 Å². The van der Waals surface area contributed by atoms with Crippen molar-refractivity contribution in [3.8, 4) is 11.5 Å². The first-order chi connectivity index (χ1) is 17.8. The van der Waals surface area contributed by atoms with Gasteiger partial charge in [-0.3, -0.25) is 0 Å². The molecule has 0 saturated heterocycles. The van der Waals surface area contributed by atoms with E-state index < -0.39 is 0 Å². The van der Waals surface area contributed by atoms with Crippen molar-refractivity contribution in [3.05, 3.63) is 60.7 Å². The van der Waals surface area contributed by atoms with Crippen LogP contribution >= 0.6 is 0 Å². The van der Waals surface area contributed by atoms with Gasteiger partial charge in [0.1, 0.15) is 11.5 Å². The molecule has 0 bridgehead atoms. The van der Waals surface area contributed by atoms with E-state index in [1.54, 1.807) is 0 Å².